The van der Waals surface area contributed by atoms with Crippen molar-refractivity contribution >= 4 is 22.9 Å². The van der Waals surface area contributed by atoms with E-state index in [2.05, 4.69) is 0 Å². The Balaban J connectivity index is 1.92. The number of anilines is 2. The van der Waals surface area contributed by atoms with Gasteiger partial charge in [-0.15, -0.1) is 0 Å². The van der Waals surface area contributed by atoms with Gasteiger partial charge in [-0.3, -0.25) is 0 Å². The van der Waals surface area contributed by atoms with Crippen LogP contribution in [-0.4, -0.2) is 25.2 Å². The summed E-state index contributed by atoms with van der Waals surface area (Å²) in [6, 6.07) is 24.6. The van der Waals surface area contributed by atoms with Crippen molar-refractivity contribution in [1.29, 1.82) is 0 Å². The van der Waals surface area contributed by atoms with Crippen LogP contribution in [0.4, 0.5) is 11.4 Å². The molecule has 0 spiro atoms. The van der Waals surface area contributed by atoms with Gasteiger partial charge in [0.25, 0.3) is 0 Å². The number of aliphatic carboxylic acids is 1. The Hall–Kier alpha value is -3.73. The van der Waals surface area contributed by atoms with Crippen LogP contribution in [0.3, 0.4) is 0 Å². The molecular weight excluding hydrogens is 354 g/mol. The fourth-order valence-corrected chi connectivity index (χ4v) is 2.81. The fourth-order valence-electron chi connectivity index (χ4n) is 2.81. The number of hydrogen-bond donors (Lipinski definition) is 1. The summed E-state index contributed by atoms with van der Waals surface area (Å²) in [6.45, 7) is 0. The Bertz CT molecular complexity index is 983. The van der Waals surface area contributed by atoms with Crippen LogP contribution in [0.15, 0.2) is 85.1 Å². The molecule has 0 radical (unpaired) electrons. The van der Waals surface area contributed by atoms with Gasteiger partial charge in [0.1, 0.15) is 17.1 Å². The number of carboxylic acids is 1. The zero-order valence-corrected chi connectivity index (χ0v) is 15.7. The molecule has 0 fully saturated rings. The lowest BCUT2D eigenvalue weighted by Crippen LogP contribution is -2.09. The normalized spacial score (nSPS) is 11.0. The molecule has 0 aliphatic carbocycles. The number of hydrogen-bond acceptors (Lipinski definition) is 4. The zero-order chi connectivity index (χ0) is 19.9. The molecule has 1 N–H and O–H groups in total. The van der Waals surface area contributed by atoms with Crippen LogP contribution < -0.4 is 9.64 Å². The first-order chi connectivity index (χ1) is 13.6. The van der Waals surface area contributed by atoms with Crippen LogP contribution in [0.2, 0.25) is 0 Å². The lowest BCUT2D eigenvalue weighted by molar-refractivity contribution is -0.130. The molecule has 0 unspecified atom stereocenters. The topological polar surface area (TPSA) is 59.0 Å². The highest BCUT2D eigenvalue weighted by atomic mass is 16.5. The molecule has 0 saturated carbocycles. The molecule has 0 atom stereocenters. The largest absolute Gasteiger partial charge is 0.503 e. The average Bonchev–Trinajstić information content (AvgIpc) is 2.73. The summed E-state index contributed by atoms with van der Waals surface area (Å²) in [6.07, 6.45) is 1.20. The third kappa shape index (κ3) is 4.32. The van der Waals surface area contributed by atoms with Gasteiger partial charge in [0.15, 0.2) is 0 Å². The lowest BCUT2D eigenvalue weighted by atomic mass is 10.1. The molecule has 0 bridgehead atoms. The van der Waals surface area contributed by atoms with Crippen molar-refractivity contribution in [3.05, 3.63) is 90.7 Å². The van der Waals surface area contributed by atoms with Crippen LogP contribution in [-0.2, 0) is 9.53 Å². The maximum Gasteiger partial charge on any atom is 0.339 e. The first-order valence-corrected chi connectivity index (χ1v) is 8.72. The van der Waals surface area contributed by atoms with E-state index in [0.29, 0.717) is 17.1 Å². The smallest absolute Gasteiger partial charge is 0.339 e. The van der Waals surface area contributed by atoms with Crippen LogP contribution in [0.5, 0.6) is 11.5 Å². The summed E-state index contributed by atoms with van der Waals surface area (Å²) in [7, 11) is 3.39. The summed E-state index contributed by atoms with van der Waals surface area (Å²) in [5.41, 5.74) is 2.47. The summed E-state index contributed by atoms with van der Waals surface area (Å²) < 4.78 is 10.9. The number of methoxy groups -OCH3 is 1. The third-order valence-corrected chi connectivity index (χ3v) is 4.22. The molecule has 0 aliphatic heterocycles. The highest BCUT2D eigenvalue weighted by Gasteiger charge is 2.16. The Morgan fingerprint density at radius 3 is 2.32 bits per heavy atom. The molecular formula is C23H21NO4. The molecule has 0 aromatic heterocycles. The number of benzene rings is 3. The van der Waals surface area contributed by atoms with Gasteiger partial charge >= 0.3 is 5.97 Å². The van der Waals surface area contributed by atoms with E-state index in [1.165, 1.54) is 13.4 Å². The van der Waals surface area contributed by atoms with Crippen LogP contribution in [0, 0.1) is 0 Å². The van der Waals surface area contributed by atoms with Gasteiger partial charge in [-0.1, -0.05) is 42.5 Å². The van der Waals surface area contributed by atoms with E-state index in [-0.39, 0.29) is 5.57 Å². The van der Waals surface area contributed by atoms with Gasteiger partial charge in [-0.25, -0.2) is 4.79 Å². The second-order valence-corrected chi connectivity index (χ2v) is 6.06. The van der Waals surface area contributed by atoms with E-state index < -0.39 is 5.97 Å². The standard InChI is InChI=1S/C23H21NO4/c1-24(17-9-4-3-5-10-17)18-11-8-12-19(15-18)28-22-14-7-6-13-20(22)21(16-27-2)23(25)26/h3-16H,1-2H3,(H,25,26). The lowest BCUT2D eigenvalue weighted by Gasteiger charge is -2.20. The first kappa shape index (κ1) is 19.0. The molecule has 5 heteroatoms. The Labute approximate surface area is 164 Å². The molecule has 5 nitrogen and oxygen atoms in total. The molecule has 0 aliphatic rings. The molecule has 0 amide bonds. The predicted molar refractivity (Wildman–Crippen MR) is 110 cm³/mol. The first-order valence-electron chi connectivity index (χ1n) is 8.72. The Morgan fingerprint density at radius 1 is 0.929 bits per heavy atom. The highest BCUT2D eigenvalue weighted by Crippen LogP contribution is 2.33. The van der Waals surface area contributed by atoms with Gasteiger partial charge in [0, 0.05) is 30.1 Å². The van der Waals surface area contributed by atoms with E-state index in [9.17, 15) is 9.90 Å². The van der Waals surface area contributed by atoms with Gasteiger partial charge in [-0.05, 0) is 30.3 Å². The Kier molecular flexibility index (Phi) is 5.97. The monoisotopic (exact) mass is 375 g/mol. The van der Waals surface area contributed by atoms with Crippen molar-refractivity contribution in [2.24, 2.45) is 0 Å². The van der Waals surface area contributed by atoms with E-state index in [4.69, 9.17) is 9.47 Å². The molecule has 28 heavy (non-hydrogen) atoms. The van der Waals surface area contributed by atoms with Crippen LogP contribution in [0.25, 0.3) is 5.57 Å². The molecule has 0 saturated heterocycles. The van der Waals surface area contributed by atoms with Crippen molar-refractivity contribution in [2.45, 2.75) is 0 Å². The summed E-state index contributed by atoms with van der Waals surface area (Å²) in [5.74, 6) is -0.0435. The highest BCUT2D eigenvalue weighted by molar-refractivity contribution is 6.15. The maximum atomic E-state index is 11.6. The molecule has 3 rings (SSSR count). The van der Waals surface area contributed by atoms with Crippen molar-refractivity contribution in [2.75, 3.05) is 19.1 Å². The van der Waals surface area contributed by atoms with Crippen molar-refractivity contribution in [3.63, 3.8) is 0 Å². The van der Waals surface area contributed by atoms with E-state index in [1.807, 2.05) is 66.5 Å². The van der Waals surface area contributed by atoms with Crippen LogP contribution >= 0.6 is 0 Å². The van der Waals surface area contributed by atoms with E-state index in [1.54, 1.807) is 24.3 Å². The fraction of sp³-hybridized carbons (Fsp3) is 0.0870. The van der Waals surface area contributed by atoms with Gasteiger partial charge < -0.3 is 19.5 Å². The quantitative estimate of drug-likeness (QED) is 0.447. The average molecular weight is 375 g/mol. The van der Waals surface area contributed by atoms with Crippen molar-refractivity contribution < 1.29 is 19.4 Å². The van der Waals surface area contributed by atoms with E-state index in [0.717, 1.165) is 11.4 Å². The minimum atomic E-state index is -1.09. The second-order valence-electron chi connectivity index (χ2n) is 6.06. The predicted octanol–water partition coefficient (Wildman–Crippen LogP) is 5.32. The number of para-hydroxylation sites is 2. The molecule has 3 aromatic carbocycles. The maximum absolute atomic E-state index is 11.6. The van der Waals surface area contributed by atoms with Crippen LogP contribution in [0.1, 0.15) is 5.56 Å². The summed E-state index contributed by atoms with van der Waals surface area (Å²) >= 11 is 0. The minimum Gasteiger partial charge on any atom is -0.503 e. The number of rotatable bonds is 7. The van der Waals surface area contributed by atoms with Crippen molar-refractivity contribution in [1.82, 2.24) is 0 Å². The number of nitrogens with zero attached hydrogens (tertiary/aromatic N) is 1. The SMILES string of the molecule is COC=C(C(=O)O)c1ccccc1Oc1cccc(N(C)c2ccccc2)c1. The number of carboxylic acid groups (broad SMARTS) is 1. The molecule has 142 valence electrons. The third-order valence-electron chi connectivity index (χ3n) is 4.22. The van der Waals surface area contributed by atoms with Gasteiger partial charge in [-0.2, -0.15) is 0 Å². The second kappa shape index (κ2) is 8.77. The van der Waals surface area contributed by atoms with E-state index >= 15 is 0 Å². The molecule has 0 heterocycles. The van der Waals surface area contributed by atoms with Crippen molar-refractivity contribution in [3.8, 4) is 11.5 Å². The van der Waals surface area contributed by atoms with Gasteiger partial charge in [0.05, 0.1) is 13.4 Å². The van der Waals surface area contributed by atoms with Gasteiger partial charge in [0.2, 0.25) is 0 Å². The minimum absolute atomic E-state index is 0.0238. The summed E-state index contributed by atoms with van der Waals surface area (Å²) in [4.78, 5) is 13.6. The zero-order valence-electron chi connectivity index (χ0n) is 15.7. The number of carbonyl (C=O) groups is 1. The number of ether oxygens (including phenoxy) is 2. The molecule has 3 aromatic rings. The Morgan fingerprint density at radius 2 is 1.61 bits per heavy atom. The summed E-state index contributed by atoms with van der Waals surface area (Å²) in [5, 5.41) is 9.48.